The van der Waals surface area contributed by atoms with Gasteiger partial charge in [-0.05, 0) is 19.4 Å². The molecule has 1 saturated heterocycles. The smallest absolute Gasteiger partial charge is 0.335 e. The van der Waals surface area contributed by atoms with Gasteiger partial charge < -0.3 is 25.2 Å². The zero-order valence-electron chi connectivity index (χ0n) is 14.5. The van der Waals surface area contributed by atoms with E-state index in [9.17, 15) is 25.2 Å². The summed E-state index contributed by atoms with van der Waals surface area (Å²) in [5, 5.41) is 40.6. The van der Waals surface area contributed by atoms with Crippen molar-refractivity contribution in [2.75, 3.05) is 12.5 Å². The molecule has 4 N–H and O–H groups in total. The normalized spacial score (nSPS) is 34.1. The van der Waals surface area contributed by atoms with E-state index >= 15 is 0 Å². The lowest BCUT2D eigenvalue weighted by atomic mass is 9.98. The van der Waals surface area contributed by atoms with E-state index in [4.69, 9.17) is 4.74 Å². The minimum atomic E-state index is -1.70. The molecule has 26 heavy (non-hydrogen) atoms. The predicted molar refractivity (Wildman–Crippen MR) is 95.1 cm³/mol. The van der Waals surface area contributed by atoms with Gasteiger partial charge in [-0.3, -0.25) is 0 Å². The number of ether oxygens (including phenoxy) is 1. The summed E-state index contributed by atoms with van der Waals surface area (Å²) in [5.41, 5.74) is 2.18. The first-order chi connectivity index (χ1) is 12.3. The number of hydrogen-bond donors (Lipinski definition) is 4. The maximum atomic E-state index is 11.3. The molecule has 0 aromatic carbocycles. The number of aliphatic hydroxyl groups excluding tert-OH is 3. The summed E-state index contributed by atoms with van der Waals surface area (Å²) in [6, 6.07) is 0. The van der Waals surface area contributed by atoms with Crippen LogP contribution in [0.2, 0.25) is 0 Å². The summed E-state index contributed by atoms with van der Waals surface area (Å²) in [6.07, 6.45) is 1.75. The monoisotopic (exact) mass is 402 g/mol. The minimum absolute atomic E-state index is 0.122. The lowest BCUT2D eigenvalue weighted by Gasteiger charge is -2.35. The molecule has 3 rings (SSSR count). The third-order valence-corrected chi connectivity index (χ3v) is 6.69. The summed E-state index contributed by atoms with van der Waals surface area (Å²) in [4.78, 5) is 11.3. The van der Waals surface area contributed by atoms with Gasteiger partial charge in [-0.15, -0.1) is 16.3 Å². The van der Waals surface area contributed by atoms with E-state index in [1.807, 2.05) is 23.3 Å². The van der Waals surface area contributed by atoms with Crippen LogP contribution in [0.5, 0.6) is 0 Å². The minimum Gasteiger partial charge on any atom is -0.479 e. The van der Waals surface area contributed by atoms with E-state index in [1.54, 1.807) is 40.5 Å². The molecular formula is C16H22N2O6S2+2. The highest BCUT2D eigenvalue weighted by Crippen LogP contribution is 2.41. The maximum absolute atomic E-state index is 11.3. The van der Waals surface area contributed by atoms with Crippen LogP contribution >= 0.6 is 23.5 Å². The molecule has 0 radical (unpaired) electrons. The van der Waals surface area contributed by atoms with E-state index < -0.39 is 36.6 Å². The standard InChI is InChI=1S/C16H21N2O6S2/c1-7-13(25-2)8-6-17(4-5-18(8)15(7)26-3)14-11(21)9(19)10(20)12(24-14)16(22)23/h4-6,9-14,19-21H,1-3H3/q+1/p+1. The van der Waals surface area contributed by atoms with E-state index in [-0.39, 0.29) is 5.25 Å². The van der Waals surface area contributed by atoms with Crippen molar-refractivity contribution in [3.8, 4) is 0 Å². The fraction of sp³-hybridized carbons (Fsp3) is 0.562. The van der Waals surface area contributed by atoms with E-state index in [2.05, 4.69) is 6.92 Å². The van der Waals surface area contributed by atoms with Gasteiger partial charge in [0.1, 0.15) is 17.5 Å². The molecule has 0 aliphatic carbocycles. The lowest BCUT2D eigenvalue weighted by Crippen LogP contribution is -2.64. The zero-order chi connectivity index (χ0) is 19.2. The number of aromatic nitrogens is 2. The van der Waals surface area contributed by atoms with Gasteiger partial charge in [0.2, 0.25) is 23.6 Å². The molecule has 3 heterocycles. The number of aliphatic hydroxyl groups is 3. The molecule has 0 bridgehead atoms. The van der Waals surface area contributed by atoms with Gasteiger partial charge in [0, 0.05) is 5.57 Å². The summed E-state index contributed by atoms with van der Waals surface area (Å²) in [6.45, 7) is 2.07. The van der Waals surface area contributed by atoms with Crippen LogP contribution in [0, 0.1) is 0 Å². The highest BCUT2D eigenvalue weighted by atomic mass is 32.2. The lowest BCUT2D eigenvalue weighted by molar-refractivity contribution is -0.789. The first-order valence-corrected chi connectivity index (χ1v) is 10.5. The van der Waals surface area contributed by atoms with Crippen LogP contribution in [0.25, 0.3) is 5.03 Å². The number of carboxylic acid groups (broad SMARTS) is 1. The van der Waals surface area contributed by atoms with Crippen molar-refractivity contribution < 1.29 is 39.1 Å². The van der Waals surface area contributed by atoms with Gasteiger partial charge >= 0.3 is 5.97 Å². The van der Waals surface area contributed by atoms with Gasteiger partial charge in [-0.25, -0.2) is 4.79 Å². The molecule has 0 saturated carbocycles. The zero-order valence-corrected chi connectivity index (χ0v) is 16.1. The van der Waals surface area contributed by atoms with Crippen molar-refractivity contribution in [2.24, 2.45) is 0 Å². The van der Waals surface area contributed by atoms with Crippen molar-refractivity contribution in [1.29, 1.82) is 0 Å². The number of nitrogens with zero attached hydrogens (tertiary/aromatic N) is 2. The van der Waals surface area contributed by atoms with Gasteiger partial charge in [-0.1, -0.05) is 11.8 Å². The maximum Gasteiger partial charge on any atom is 0.335 e. The molecule has 8 nitrogen and oxygen atoms in total. The Kier molecular flexibility index (Phi) is 5.61. The third kappa shape index (κ3) is 3.04. The second kappa shape index (κ2) is 7.45. The van der Waals surface area contributed by atoms with Crippen molar-refractivity contribution in [3.63, 3.8) is 0 Å². The van der Waals surface area contributed by atoms with Crippen LogP contribution in [-0.4, -0.2) is 63.3 Å². The van der Waals surface area contributed by atoms with Gasteiger partial charge in [0.15, 0.2) is 12.2 Å². The molecule has 2 aliphatic rings. The Hall–Kier alpha value is -1.17. The van der Waals surface area contributed by atoms with Crippen LogP contribution in [-0.2, 0) is 9.53 Å². The average molecular weight is 402 g/mol. The van der Waals surface area contributed by atoms with Crippen LogP contribution < -0.4 is 9.13 Å². The number of rotatable bonds is 4. The molecule has 10 heteroatoms. The largest absolute Gasteiger partial charge is 0.479 e. The molecule has 0 amide bonds. The van der Waals surface area contributed by atoms with Crippen molar-refractivity contribution >= 4 is 34.5 Å². The Bertz CT molecular complexity index is 758. The number of fused-ring (bicyclic) bond motifs is 1. The number of aliphatic carboxylic acids is 1. The topological polar surface area (TPSA) is 115 Å². The predicted octanol–water partition coefficient (Wildman–Crippen LogP) is -0.704. The first-order valence-electron chi connectivity index (χ1n) is 7.98. The molecular weight excluding hydrogens is 380 g/mol. The van der Waals surface area contributed by atoms with Crippen molar-refractivity contribution in [2.45, 2.75) is 42.8 Å². The number of carboxylic acids is 1. The van der Waals surface area contributed by atoms with Crippen LogP contribution in [0.3, 0.4) is 0 Å². The summed E-state index contributed by atoms with van der Waals surface area (Å²) >= 11 is 3.31. The molecule has 6 unspecified atom stereocenters. The Balaban J connectivity index is 1.99. The molecule has 142 valence electrons. The van der Waals surface area contributed by atoms with E-state index in [0.717, 1.165) is 10.7 Å². The van der Waals surface area contributed by atoms with Crippen molar-refractivity contribution in [1.82, 2.24) is 0 Å². The SMILES string of the molecule is CSC1=C(C)C(SC)c2c[n+](C3OC(C(=O)O)C(O)C(O)C3O)cc[n+]21. The van der Waals surface area contributed by atoms with Gasteiger partial charge in [0.25, 0.3) is 11.9 Å². The molecule has 0 spiro atoms. The number of hydrogen-bond acceptors (Lipinski definition) is 7. The number of carbonyl (C=O) groups is 1. The highest BCUT2D eigenvalue weighted by molar-refractivity contribution is 8.07. The fourth-order valence-corrected chi connectivity index (χ4v) is 5.18. The summed E-state index contributed by atoms with van der Waals surface area (Å²) in [7, 11) is 0. The summed E-state index contributed by atoms with van der Waals surface area (Å²) < 4.78 is 9.00. The number of thioether (sulfide) groups is 2. The van der Waals surface area contributed by atoms with Crippen LogP contribution in [0.4, 0.5) is 0 Å². The molecule has 1 aromatic heterocycles. The second-order valence-electron chi connectivity index (χ2n) is 6.23. The third-order valence-electron chi connectivity index (χ3n) is 4.72. The Morgan fingerprint density at radius 3 is 2.42 bits per heavy atom. The molecule has 1 aromatic rings. The summed E-state index contributed by atoms with van der Waals surface area (Å²) in [5.74, 6) is -1.39. The van der Waals surface area contributed by atoms with Crippen LogP contribution in [0.15, 0.2) is 24.2 Å². The Labute approximate surface area is 159 Å². The van der Waals surface area contributed by atoms with E-state index in [0.29, 0.717) is 0 Å². The average Bonchev–Trinajstić information content (AvgIpc) is 2.89. The van der Waals surface area contributed by atoms with Crippen molar-refractivity contribution in [3.05, 3.63) is 29.9 Å². The van der Waals surface area contributed by atoms with Gasteiger partial charge in [-0.2, -0.15) is 4.57 Å². The Morgan fingerprint density at radius 1 is 1.15 bits per heavy atom. The van der Waals surface area contributed by atoms with Crippen LogP contribution in [0.1, 0.15) is 24.1 Å². The van der Waals surface area contributed by atoms with E-state index in [1.165, 1.54) is 5.57 Å². The highest BCUT2D eigenvalue weighted by Gasteiger charge is 2.52. The van der Waals surface area contributed by atoms with Gasteiger partial charge in [0.05, 0.1) is 0 Å². The first kappa shape index (κ1) is 19.6. The molecule has 2 aliphatic heterocycles. The quantitative estimate of drug-likeness (QED) is 0.489. The molecule has 6 atom stereocenters. The Morgan fingerprint density at radius 2 is 1.85 bits per heavy atom. The fourth-order valence-electron chi connectivity index (χ4n) is 3.42. The molecule has 1 fully saturated rings. The second-order valence-corrected chi connectivity index (χ2v) is 7.97.